The number of rotatable bonds is 5. The zero-order valence-electron chi connectivity index (χ0n) is 12.9. The van der Waals surface area contributed by atoms with Gasteiger partial charge in [-0.25, -0.2) is 9.59 Å². The molecule has 0 radical (unpaired) electrons. The average Bonchev–Trinajstić information content (AvgIpc) is 2.54. The van der Waals surface area contributed by atoms with Crippen molar-refractivity contribution in [1.29, 1.82) is 0 Å². The van der Waals surface area contributed by atoms with Gasteiger partial charge in [-0.15, -0.1) is 0 Å². The summed E-state index contributed by atoms with van der Waals surface area (Å²) in [5.74, 6) is -2.03. The Morgan fingerprint density at radius 2 is 1.67 bits per heavy atom. The number of hydrogen-bond acceptors (Lipinski definition) is 5. The van der Waals surface area contributed by atoms with Crippen molar-refractivity contribution in [2.24, 2.45) is 0 Å². The van der Waals surface area contributed by atoms with Gasteiger partial charge in [0.05, 0.1) is 11.1 Å². The molecule has 0 bridgehead atoms. The van der Waals surface area contributed by atoms with E-state index in [2.05, 4.69) is 0 Å². The normalized spacial score (nSPS) is 11.1. The number of esters is 2. The molecular weight excluding hydrogens is 332 g/mol. The van der Waals surface area contributed by atoms with Gasteiger partial charge in [0.1, 0.15) is 4.90 Å². The van der Waals surface area contributed by atoms with E-state index in [4.69, 9.17) is 4.74 Å². The maximum atomic E-state index is 12.2. The van der Waals surface area contributed by atoms with Crippen molar-refractivity contribution in [3.05, 3.63) is 65.2 Å². The topological polar surface area (TPSA) is 97.7 Å². The lowest BCUT2D eigenvalue weighted by Crippen LogP contribution is -2.17. The molecule has 0 unspecified atom stereocenters. The Morgan fingerprint density at radius 1 is 1.00 bits per heavy atom. The molecule has 0 amide bonds. The molecule has 2 aromatic carbocycles. The Hall–Kier alpha value is -2.51. The molecule has 126 valence electrons. The van der Waals surface area contributed by atoms with E-state index >= 15 is 0 Å². The fraction of sp³-hybridized carbons (Fsp3) is 0.176. The number of ether oxygens (including phenoxy) is 1. The molecular formula is C17H16O6S. The van der Waals surface area contributed by atoms with E-state index < -0.39 is 27.0 Å². The van der Waals surface area contributed by atoms with Crippen molar-refractivity contribution in [3.8, 4) is 0 Å². The highest BCUT2D eigenvalue weighted by Crippen LogP contribution is 2.23. The summed E-state index contributed by atoms with van der Waals surface area (Å²) >= 11 is 0. The fourth-order valence-electron chi connectivity index (χ4n) is 2.29. The van der Waals surface area contributed by atoms with E-state index in [0.29, 0.717) is 18.4 Å². The molecule has 0 aliphatic carbocycles. The van der Waals surface area contributed by atoms with Crippen molar-refractivity contribution in [3.63, 3.8) is 0 Å². The molecule has 2 rings (SSSR count). The standard InChI is InChI=1S/C17H16O6S/c1-2-7-12-10-6-11-14(15(12)24(20,21)22)17(19)23-16(18)13-8-4-3-5-9-13/h3-6,8-11H,2,7H2,1H3,(H,20,21,22). The highest BCUT2D eigenvalue weighted by Gasteiger charge is 2.26. The van der Waals surface area contributed by atoms with Crippen LogP contribution in [0, 0.1) is 0 Å². The van der Waals surface area contributed by atoms with Crippen molar-refractivity contribution < 1.29 is 27.3 Å². The van der Waals surface area contributed by atoms with E-state index in [9.17, 15) is 22.6 Å². The highest BCUT2D eigenvalue weighted by molar-refractivity contribution is 7.86. The van der Waals surface area contributed by atoms with Crippen molar-refractivity contribution in [2.45, 2.75) is 24.7 Å². The fourth-order valence-corrected chi connectivity index (χ4v) is 3.22. The first kappa shape index (κ1) is 17.8. The summed E-state index contributed by atoms with van der Waals surface area (Å²) < 4.78 is 37.5. The van der Waals surface area contributed by atoms with Gasteiger partial charge >= 0.3 is 11.9 Å². The summed E-state index contributed by atoms with van der Waals surface area (Å²) in [7, 11) is -4.64. The minimum Gasteiger partial charge on any atom is -0.386 e. The zero-order valence-corrected chi connectivity index (χ0v) is 13.7. The van der Waals surface area contributed by atoms with Crippen LogP contribution in [0.3, 0.4) is 0 Å². The van der Waals surface area contributed by atoms with Crippen LogP contribution in [0.1, 0.15) is 39.6 Å². The Balaban J connectivity index is 2.39. The Bertz CT molecular complexity index is 856. The second-order valence-corrected chi connectivity index (χ2v) is 6.42. The monoisotopic (exact) mass is 348 g/mol. The third kappa shape index (κ3) is 4.06. The van der Waals surface area contributed by atoms with Crippen LogP contribution in [-0.2, 0) is 21.3 Å². The van der Waals surface area contributed by atoms with Crippen LogP contribution in [0.2, 0.25) is 0 Å². The third-order valence-corrected chi connectivity index (χ3v) is 4.29. The van der Waals surface area contributed by atoms with Crippen LogP contribution in [0.25, 0.3) is 0 Å². The van der Waals surface area contributed by atoms with Gasteiger partial charge in [-0.1, -0.05) is 43.7 Å². The number of aryl methyl sites for hydroxylation is 1. The Morgan fingerprint density at radius 3 is 2.25 bits per heavy atom. The predicted octanol–water partition coefficient (Wildman–Crippen LogP) is 2.88. The molecule has 0 heterocycles. The van der Waals surface area contributed by atoms with Gasteiger partial charge in [0.15, 0.2) is 0 Å². The van der Waals surface area contributed by atoms with Crippen LogP contribution >= 0.6 is 0 Å². The lowest BCUT2D eigenvalue weighted by atomic mass is 10.1. The highest BCUT2D eigenvalue weighted by atomic mass is 32.2. The third-order valence-electron chi connectivity index (χ3n) is 3.29. The maximum Gasteiger partial charge on any atom is 0.347 e. The summed E-state index contributed by atoms with van der Waals surface area (Å²) in [6, 6.07) is 12.0. The number of hydrogen-bond donors (Lipinski definition) is 1. The first-order valence-electron chi connectivity index (χ1n) is 7.25. The zero-order chi connectivity index (χ0) is 17.7. The molecule has 6 nitrogen and oxygen atoms in total. The van der Waals surface area contributed by atoms with Gasteiger partial charge in [-0.3, -0.25) is 4.55 Å². The average molecular weight is 348 g/mol. The summed E-state index contributed by atoms with van der Waals surface area (Å²) in [6.45, 7) is 1.83. The lowest BCUT2D eigenvalue weighted by molar-refractivity contribution is 0.0394. The van der Waals surface area contributed by atoms with Crippen molar-refractivity contribution in [1.82, 2.24) is 0 Å². The number of carbonyl (C=O) groups is 2. The molecule has 2 aromatic rings. The van der Waals surface area contributed by atoms with Crippen LogP contribution < -0.4 is 0 Å². The minimum absolute atomic E-state index is 0.156. The Labute approximate surface area is 139 Å². The molecule has 0 fully saturated rings. The van der Waals surface area contributed by atoms with Crippen LogP contribution in [-0.4, -0.2) is 24.9 Å². The van der Waals surface area contributed by atoms with Crippen LogP contribution in [0.15, 0.2) is 53.4 Å². The molecule has 0 saturated heterocycles. The number of carbonyl (C=O) groups excluding carboxylic acids is 2. The first-order valence-corrected chi connectivity index (χ1v) is 8.69. The van der Waals surface area contributed by atoms with E-state index in [1.54, 1.807) is 18.2 Å². The van der Waals surface area contributed by atoms with E-state index in [-0.39, 0.29) is 11.1 Å². The smallest absolute Gasteiger partial charge is 0.347 e. The second-order valence-electron chi connectivity index (χ2n) is 5.06. The molecule has 0 saturated carbocycles. The molecule has 0 atom stereocenters. The summed E-state index contributed by atoms with van der Waals surface area (Å²) in [5.41, 5.74) is 0.0818. The van der Waals surface area contributed by atoms with Gasteiger partial charge in [-0.05, 0) is 30.2 Å². The molecule has 0 aliphatic rings. The first-order chi connectivity index (χ1) is 11.3. The number of benzene rings is 2. The van der Waals surface area contributed by atoms with Crippen molar-refractivity contribution >= 4 is 22.1 Å². The molecule has 1 N–H and O–H groups in total. The molecule has 0 spiro atoms. The lowest BCUT2D eigenvalue weighted by Gasteiger charge is -2.11. The minimum atomic E-state index is -4.64. The SMILES string of the molecule is CCCc1cccc(C(=O)OC(=O)c2ccccc2)c1S(=O)(=O)O. The van der Waals surface area contributed by atoms with Crippen molar-refractivity contribution in [2.75, 3.05) is 0 Å². The van der Waals surface area contributed by atoms with E-state index in [0.717, 1.165) is 0 Å². The van der Waals surface area contributed by atoms with Gasteiger partial charge in [0.2, 0.25) is 0 Å². The quantitative estimate of drug-likeness (QED) is 0.507. The van der Waals surface area contributed by atoms with Gasteiger partial charge < -0.3 is 4.74 Å². The molecule has 24 heavy (non-hydrogen) atoms. The summed E-state index contributed by atoms with van der Waals surface area (Å²) in [5, 5.41) is 0. The Kier molecular flexibility index (Phi) is 5.48. The van der Waals surface area contributed by atoms with Gasteiger partial charge in [0.25, 0.3) is 10.1 Å². The maximum absolute atomic E-state index is 12.2. The van der Waals surface area contributed by atoms with E-state index in [1.807, 2.05) is 6.92 Å². The molecule has 0 aliphatic heterocycles. The summed E-state index contributed by atoms with van der Waals surface area (Å²) in [6.07, 6.45) is 0.965. The predicted molar refractivity (Wildman–Crippen MR) is 86.4 cm³/mol. The van der Waals surface area contributed by atoms with Gasteiger partial charge in [0, 0.05) is 0 Å². The largest absolute Gasteiger partial charge is 0.386 e. The van der Waals surface area contributed by atoms with Crippen LogP contribution in [0.4, 0.5) is 0 Å². The molecule has 7 heteroatoms. The molecule has 0 aromatic heterocycles. The van der Waals surface area contributed by atoms with Crippen LogP contribution in [0.5, 0.6) is 0 Å². The summed E-state index contributed by atoms with van der Waals surface area (Å²) in [4.78, 5) is 23.7. The van der Waals surface area contributed by atoms with E-state index in [1.165, 1.54) is 30.3 Å². The second kappa shape index (κ2) is 7.37. The van der Waals surface area contributed by atoms with Gasteiger partial charge in [-0.2, -0.15) is 8.42 Å².